The summed E-state index contributed by atoms with van der Waals surface area (Å²) in [6.07, 6.45) is 0. The molecule has 1 aromatic heterocycles. The Kier molecular flexibility index (Phi) is 6.58. The van der Waals surface area contributed by atoms with Gasteiger partial charge in [0, 0.05) is 34.3 Å². The van der Waals surface area contributed by atoms with E-state index in [-0.39, 0.29) is 11.6 Å². The number of hydrogen-bond donors (Lipinski definition) is 2. The Morgan fingerprint density at radius 3 is 2.62 bits per heavy atom. The van der Waals surface area contributed by atoms with Gasteiger partial charge in [-0.2, -0.15) is 0 Å². The van der Waals surface area contributed by atoms with E-state index < -0.39 is 18.5 Å². The molecule has 29 heavy (non-hydrogen) atoms. The van der Waals surface area contributed by atoms with E-state index in [0.29, 0.717) is 21.3 Å². The quantitative estimate of drug-likeness (QED) is 0.583. The minimum absolute atomic E-state index is 0.120. The Bertz CT molecular complexity index is 1050. The number of benzene rings is 2. The van der Waals surface area contributed by atoms with Crippen molar-refractivity contribution < 1.29 is 19.1 Å². The van der Waals surface area contributed by atoms with Crippen molar-refractivity contribution >= 4 is 46.4 Å². The van der Waals surface area contributed by atoms with Crippen molar-refractivity contribution in [3.05, 3.63) is 70.2 Å². The number of ether oxygens (including phenoxy) is 1. The van der Waals surface area contributed by atoms with E-state index in [1.54, 1.807) is 47.8 Å². The van der Waals surface area contributed by atoms with Crippen molar-refractivity contribution in [2.24, 2.45) is 0 Å². The largest absolute Gasteiger partial charge is 0.451 e. The average molecular weight is 430 g/mol. The van der Waals surface area contributed by atoms with Crippen LogP contribution >= 0.6 is 22.9 Å². The molecule has 3 aromatic rings. The first-order chi connectivity index (χ1) is 14.0. The predicted molar refractivity (Wildman–Crippen MR) is 111 cm³/mol. The molecule has 0 saturated carbocycles. The molecule has 0 atom stereocenters. The summed E-state index contributed by atoms with van der Waals surface area (Å²) in [6.45, 7) is -0.475. The second kappa shape index (κ2) is 9.31. The average Bonchev–Trinajstić information content (AvgIpc) is 3.22. The number of carbonyl (C=O) groups excluding carboxylic acids is 3. The zero-order valence-corrected chi connectivity index (χ0v) is 16.8. The monoisotopic (exact) mass is 429 g/mol. The van der Waals surface area contributed by atoms with Crippen LogP contribution in [0, 0.1) is 0 Å². The Morgan fingerprint density at radius 1 is 1.14 bits per heavy atom. The van der Waals surface area contributed by atoms with Gasteiger partial charge in [-0.15, -0.1) is 11.3 Å². The summed E-state index contributed by atoms with van der Waals surface area (Å²) in [5.41, 5.74) is 1.77. The summed E-state index contributed by atoms with van der Waals surface area (Å²) in [5.74, 6) is -1.50. The highest BCUT2D eigenvalue weighted by Crippen LogP contribution is 2.25. The molecule has 0 fully saturated rings. The van der Waals surface area contributed by atoms with Crippen LogP contribution in [0.25, 0.3) is 10.6 Å². The number of esters is 1. The first-order valence-electron chi connectivity index (χ1n) is 8.47. The Morgan fingerprint density at radius 2 is 1.90 bits per heavy atom. The van der Waals surface area contributed by atoms with Crippen molar-refractivity contribution in [2.75, 3.05) is 19.0 Å². The van der Waals surface area contributed by atoms with Crippen molar-refractivity contribution in [3.8, 4) is 10.6 Å². The Balaban J connectivity index is 1.56. The number of rotatable bonds is 6. The van der Waals surface area contributed by atoms with E-state index in [2.05, 4.69) is 15.6 Å². The van der Waals surface area contributed by atoms with Crippen molar-refractivity contribution in [2.45, 2.75) is 0 Å². The first kappa shape index (κ1) is 20.5. The van der Waals surface area contributed by atoms with Crippen LogP contribution in [0.4, 0.5) is 5.69 Å². The van der Waals surface area contributed by atoms with E-state index >= 15 is 0 Å². The normalized spacial score (nSPS) is 10.3. The van der Waals surface area contributed by atoms with Crippen molar-refractivity contribution in [1.29, 1.82) is 0 Å². The van der Waals surface area contributed by atoms with Crippen LogP contribution in [0.1, 0.15) is 20.8 Å². The van der Waals surface area contributed by atoms with Gasteiger partial charge in [-0.3, -0.25) is 9.59 Å². The topological polar surface area (TPSA) is 97.4 Å². The third-order valence-corrected chi connectivity index (χ3v) is 4.92. The van der Waals surface area contributed by atoms with E-state index in [9.17, 15) is 14.4 Å². The maximum absolute atomic E-state index is 12.2. The smallest absolute Gasteiger partial charge is 0.358 e. The number of aromatic nitrogens is 1. The van der Waals surface area contributed by atoms with Crippen LogP contribution < -0.4 is 10.6 Å². The molecule has 7 nitrogen and oxygen atoms in total. The maximum Gasteiger partial charge on any atom is 0.358 e. The van der Waals surface area contributed by atoms with E-state index in [1.807, 2.05) is 0 Å². The molecule has 2 N–H and O–H groups in total. The van der Waals surface area contributed by atoms with Crippen molar-refractivity contribution in [3.63, 3.8) is 0 Å². The molecule has 1 heterocycles. The lowest BCUT2D eigenvalue weighted by atomic mass is 10.2. The minimum Gasteiger partial charge on any atom is -0.451 e. The first-order valence-corrected chi connectivity index (χ1v) is 9.72. The minimum atomic E-state index is -0.698. The van der Waals surface area contributed by atoms with Crippen LogP contribution in [0.5, 0.6) is 0 Å². The summed E-state index contributed by atoms with van der Waals surface area (Å²) < 4.78 is 5.02. The summed E-state index contributed by atoms with van der Waals surface area (Å²) in [4.78, 5) is 40.1. The summed E-state index contributed by atoms with van der Waals surface area (Å²) in [6, 6.07) is 13.5. The second-order valence-corrected chi connectivity index (χ2v) is 7.12. The molecule has 2 amide bonds. The summed E-state index contributed by atoms with van der Waals surface area (Å²) >= 11 is 7.15. The SMILES string of the molecule is CNC(=O)c1cccc(NC(=O)COC(=O)c2csc(-c3ccc(Cl)cc3)n2)c1. The molecule has 0 aliphatic rings. The fourth-order valence-corrected chi connectivity index (χ4v) is 3.30. The van der Waals surface area contributed by atoms with Crippen molar-refractivity contribution in [1.82, 2.24) is 10.3 Å². The molecule has 0 aliphatic heterocycles. The molecule has 2 aromatic carbocycles. The third-order valence-electron chi connectivity index (χ3n) is 3.77. The van der Waals surface area contributed by atoms with E-state index in [0.717, 1.165) is 5.56 Å². The van der Waals surface area contributed by atoms with Gasteiger partial charge >= 0.3 is 5.97 Å². The maximum atomic E-state index is 12.2. The number of hydrogen-bond acceptors (Lipinski definition) is 6. The molecule has 0 radical (unpaired) electrons. The fourth-order valence-electron chi connectivity index (χ4n) is 2.38. The van der Waals surface area contributed by atoms with E-state index in [4.69, 9.17) is 16.3 Å². The number of nitrogens with zero attached hydrogens (tertiary/aromatic N) is 1. The third kappa shape index (κ3) is 5.40. The number of amides is 2. The Labute approximate surface area is 175 Å². The highest BCUT2D eigenvalue weighted by Gasteiger charge is 2.15. The number of thiazole rings is 1. The lowest BCUT2D eigenvalue weighted by Gasteiger charge is -2.07. The van der Waals surface area contributed by atoms with Crippen LogP contribution in [-0.4, -0.2) is 36.4 Å². The van der Waals surface area contributed by atoms with Gasteiger partial charge in [0.15, 0.2) is 12.3 Å². The van der Waals surface area contributed by atoms with Crippen LogP contribution in [0.15, 0.2) is 53.9 Å². The highest BCUT2D eigenvalue weighted by atomic mass is 35.5. The number of nitrogens with one attached hydrogen (secondary N) is 2. The second-order valence-electron chi connectivity index (χ2n) is 5.83. The van der Waals surface area contributed by atoms with Gasteiger partial charge in [-0.25, -0.2) is 9.78 Å². The van der Waals surface area contributed by atoms with Crippen LogP contribution in [0.3, 0.4) is 0 Å². The van der Waals surface area contributed by atoms with Gasteiger partial charge in [0.1, 0.15) is 5.01 Å². The van der Waals surface area contributed by atoms with Gasteiger partial charge in [0.25, 0.3) is 11.8 Å². The zero-order chi connectivity index (χ0) is 20.8. The Hall–Kier alpha value is -3.23. The lowest BCUT2D eigenvalue weighted by Crippen LogP contribution is -2.22. The van der Waals surface area contributed by atoms with E-state index in [1.165, 1.54) is 24.5 Å². The fraction of sp³-hybridized carbons (Fsp3) is 0.100. The summed E-state index contributed by atoms with van der Waals surface area (Å²) in [7, 11) is 1.52. The van der Waals surface area contributed by atoms with Crippen LogP contribution in [-0.2, 0) is 9.53 Å². The molecule has 0 saturated heterocycles. The van der Waals surface area contributed by atoms with Gasteiger partial charge < -0.3 is 15.4 Å². The zero-order valence-electron chi connectivity index (χ0n) is 15.3. The molecule has 9 heteroatoms. The molecule has 148 valence electrons. The number of halogens is 1. The molecular weight excluding hydrogens is 414 g/mol. The molecule has 0 aliphatic carbocycles. The molecular formula is C20H16ClN3O4S. The van der Waals surface area contributed by atoms with Gasteiger partial charge in [0.2, 0.25) is 0 Å². The molecule has 0 spiro atoms. The van der Waals surface area contributed by atoms with Crippen LogP contribution in [0.2, 0.25) is 5.02 Å². The predicted octanol–water partition coefficient (Wildman–Crippen LogP) is 3.62. The number of anilines is 1. The molecule has 3 rings (SSSR count). The van der Waals surface area contributed by atoms with Gasteiger partial charge in [0.05, 0.1) is 0 Å². The standard InChI is InChI=1S/C20H16ClN3O4S/c1-22-18(26)13-3-2-4-15(9-13)23-17(25)10-28-20(27)16-11-29-19(24-16)12-5-7-14(21)8-6-12/h2-9,11H,10H2,1H3,(H,22,26)(H,23,25). The number of carbonyl (C=O) groups is 3. The lowest BCUT2D eigenvalue weighted by molar-refractivity contribution is -0.119. The van der Waals surface area contributed by atoms with Gasteiger partial charge in [-0.05, 0) is 30.3 Å². The molecule has 0 bridgehead atoms. The molecule has 0 unspecified atom stereocenters. The van der Waals surface area contributed by atoms with Gasteiger partial charge in [-0.1, -0.05) is 29.8 Å². The highest BCUT2D eigenvalue weighted by molar-refractivity contribution is 7.13. The summed E-state index contributed by atoms with van der Waals surface area (Å²) in [5, 5.41) is 7.90.